The molecule has 96 valence electrons. The standard InChI is InChI=1S/C19H20/c1-3-5-10-16(4-2)18-13-9-14-19(15-18)17-11-7-6-8-12-17/h3,5-15H,4H2,1-2H3. The molecule has 0 aliphatic heterocycles. The molecule has 0 N–H and O–H groups in total. The Morgan fingerprint density at radius 3 is 2.37 bits per heavy atom. The van der Waals surface area contributed by atoms with Crippen LogP contribution in [0.2, 0.25) is 0 Å². The van der Waals surface area contributed by atoms with Gasteiger partial charge in [0.15, 0.2) is 0 Å². The predicted molar refractivity (Wildman–Crippen MR) is 85.0 cm³/mol. The minimum atomic E-state index is 1.04. The van der Waals surface area contributed by atoms with Gasteiger partial charge in [0.1, 0.15) is 0 Å². The second-order valence-electron chi connectivity index (χ2n) is 4.52. The fourth-order valence-electron chi connectivity index (χ4n) is 2.16. The molecule has 0 aromatic heterocycles. The van der Waals surface area contributed by atoms with E-state index in [2.05, 4.69) is 79.7 Å². The lowest BCUT2D eigenvalue weighted by atomic mass is 9.97. The van der Waals surface area contributed by atoms with Gasteiger partial charge in [-0.3, -0.25) is 0 Å². The lowest BCUT2D eigenvalue weighted by Crippen LogP contribution is -1.84. The SMILES string of the molecule is CC=CC=C(CC)c1cccc(-c2ccccc2)c1. The van der Waals surface area contributed by atoms with Crippen LogP contribution < -0.4 is 0 Å². The summed E-state index contributed by atoms with van der Waals surface area (Å²) in [6.07, 6.45) is 7.41. The molecule has 2 aromatic carbocycles. The number of allylic oxidation sites excluding steroid dienone is 4. The zero-order valence-electron chi connectivity index (χ0n) is 11.6. The van der Waals surface area contributed by atoms with Crippen LogP contribution in [0.15, 0.2) is 72.8 Å². The van der Waals surface area contributed by atoms with Crippen molar-refractivity contribution >= 4 is 5.57 Å². The molecule has 0 atom stereocenters. The average Bonchev–Trinajstić information content (AvgIpc) is 2.49. The summed E-state index contributed by atoms with van der Waals surface area (Å²) in [6.45, 7) is 4.24. The minimum absolute atomic E-state index is 1.04. The van der Waals surface area contributed by atoms with Crippen LogP contribution in [-0.2, 0) is 0 Å². The lowest BCUT2D eigenvalue weighted by Gasteiger charge is -2.07. The summed E-state index contributed by atoms with van der Waals surface area (Å²) in [7, 11) is 0. The highest BCUT2D eigenvalue weighted by Gasteiger charge is 2.01. The van der Waals surface area contributed by atoms with E-state index in [1.165, 1.54) is 22.3 Å². The van der Waals surface area contributed by atoms with Gasteiger partial charge in [0, 0.05) is 0 Å². The molecule has 0 unspecified atom stereocenters. The quantitative estimate of drug-likeness (QED) is 0.607. The van der Waals surface area contributed by atoms with Crippen molar-refractivity contribution in [2.24, 2.45) is 0 Å². The van der Waals surface area contributed by atoms with Crippen LogP contribution in [-0.4, -0.2) is 0 Å². The van der Waals surface area contributed by atoms with E-state index in [0.717, 1.165) is 6.42 Å². The van der Waals surface area contributed by atoms with Crippen molar-refractivity contribution < 1.29 is 0 Å². The van der Waals surface area contributed by atoms with E-state index in [4.69, 9.17) is 0 Å². The smallest absolute Gasteiger partial charge is 0.0178 e. The van der Waals surface area contributed by atoms with Crippen LogP contribution in [0.4, 0.5) is 0 Å². The third-order valence-electron chi connectivity index (χ3n) is 3.21. The summed E-state index contributed by atoms with van der Waals surface area (Å²) >= 11 is 0. The number of hydrogen-bond acceptors (Lipinski definition) is 0. The molecule has 0 bridgehead atoms. The first kappa shape index (κ1) is 13.4. The number of benzene rings is 2. The fourth-order valence-corrected chi connectivity index (χ4v) is 2.16. The zero-order valence-corrected chi connectivity index (χ0v) is 11.6. The molecule has 0 saturated heterocycles. The summed E-state index contributed by atoms with van der Waals surface area (Å²) in [6, 6.07) is 19.3. The van der Waals surface area contributed by atoms with Gasteiger partial charge in [0.2, 0.25) is 0 Å². The first-order chi connectivity index (χ1) is 9.35. The third-order valence-corrected chi connectivity index (χ3v) is 3.21. The molecule has 0 saturated carbocycles. The Morgan fingerprint density at radius 2 is 1.68 bits per heavy atom. The molecule has 19 heavy (non-hydrogen) atoms. The van der Waals surface area contributed by atoms with E-state index in [1.807, 2.05) is 6.92 Å². The summed E-state index contributed by atoms with van der Waals surface area (Å²) in [5, 5.41) is 0. The van der Waals surface area contributed by atoms with E-state index >= 15 is 0 Å². The molecule has 0 nitrogen and oxygen atoms in total. The Hall–Kier alpha value is -2.08. The fraction of sp³-hybridized carbons (Fsp3) is 0.158. The van der Waals surface area contributed by atoms with Crippen LogP contribution in [0.1, 0.15) is 25.8 Å². The molecular weight excluding hydrogens is 228 g/mol. The zero-order chi connectivity index (χ0) is 13.5. The lowest BCUT2D eigenvalue weighted by molar-refractivity contribution is 1.24. The van der Waals surface area contributed by atoms with Crippen molar-refractivity contribution in [1.29, 1.82) is 0 Å². The molecule has 0 fully saturated rings. The molecule has 0 heteroatoms. The minimum Gasteiger partial charge on any atom is -0.0877 e. The molecular formula is C19H20. The van der Waals surface area contributed by atoms with E-state index in [-0.39, 0.29) is 0 Å². The number of hydrogen-bond donors (Lipinski definition) is 0. The van der Waals surface area contributed by atoms with Crippen molar-refractivity contribution in [3.05, 3.63) is 78.4 Å². The van der Waals surface area contributed by atoms with Gasteiger partial charge in [-0.1, -0.05) is 73.7 Å². The van der Waals surface area contributed by atoms with E-state index in [0.29, 0.717) is 0 Å². The molecule has 0 heterocycles. The first-order valence-electron chi connectivity index (χ1n) is 6.83. The highest BCUT2D eigenvalue weighted by Crippen LogP contribution is 2.25. The molecule has 0 amide bonds. The normalized spacial score (nSPS) is 12.0. The molecule has 2 rings (SSSR count). The molecule has 0 spiro atoms. The van der Waals surface area contributed by atoms with Crippen molar-refractivity contribution in [3.8, 4) is 11.1 Å². The monoisotopic (exact) mass is 248 g/mol. The van der Waals surface area contributed by atoms with Gasteiger partial charge in [0.05, 0.1) is 0 Å². The Bertz CT molecular complexity index is 574. The van der Waals surface area contributed by atoms with Gasteiger partial charge in [-0.25, -0.2) is 0 Å². The predicted octanol–water partition coefficient (Wildman–Crippen LogP) is 5.72. The summed E-state index contributed by atoms with van der Waals surface area (Å²) in [5.41, 5.74) is 5.22. The maximum absolute atomic E-state index is 2.27. The molecule has 0 aliphatic rings. The molecule has 0 radical (unpaired) electrons. The number of rotatable bonds is 4. The van der Waals surface area contributed by atoms with Crippen LogP contribution in [0.3, 0.4) is 0 Å². The summed E-state index contributed by atoms with van der Waals surface area (Å²) < 4.78 is 0. The van der Waals surface area contributed by atoms with E-state index in [1.54, 1.807) is 0 Å². The summed E-state index contributed by atoms with van der Waals surface area (Å²) in [4.78, 5) is 0. The Morgan fingerprint density at radius 1 is 0.947 bits per heavy atom. The van der Waals surface area contributed by atoms with Gasteiger partial charge >= 0.3 is 0 Å². The van der Waals surface area contributed by atoms with Crippen LogP contribution in [0.5, 0.6) is 0 Å². The Balaban J connectivity index is 2.39. The Kier molecular flexibility index (Phi) is 4.74. The van der Waals surface area contributed by atoms with Crippen LogP contribution in [0.25, 0.3) is 16.7 Å². The van der Waals surface area contributed by atoms with Crippen molar-refractivity contribution in [3.63, 3.8) is 0 Å². The Labute approximate surface area is 116 Å². The molecule has 0 aliphatic carbocycles. The van der Waals surface area contributed by atoms with Crippen LogP contribution in [0, 0.1) is 0 Å². The second-order valence-corrected chi connectivity index (χ2v) is 4.52. The van der Waals surface area contributed by atoms with Gasteiger partial charge < -0.3 is 0 Å². The maximum atomic E-state index is 2.27. The third kappa shape index (κ3) is 3.45. The van der Waals surface area contributed by atoms with E-state index in [9.17, 15) is 0 Å². The van der Waals surface area contributed by atoms with Gasteiger partial charge in [0.25, 0.3) is 0 Å². The van der Waals surface area contributed by atoms with Gasteiger partial charge in [-0.15, -0.1) is 0 Å². The highest BCUT2D eigenvalue weighted by atomic mass is 14.1. The van der Waals surface area contributed by atoms with Crippen molar-refractivity contribution in [1.82, 2.24) is 0 Å². The maximum Gasteiger partial charge on any atom is -0.0178 e. The van der Waals surface area contributed by atoms with Gasteiger partial charge in [-0.05, 0) is 41.7 Å². The highest BCUT2D eigenvalue weighted by molar-refractivity contribution is 5.73. The molecule has 2 aromatic rings. The van der Waals surface area contributed by atoms with Gasteiger partial charge in [-0.2, -0.15) is 0 Å². The second kappa shape index (κ2) is 6.75. The first-order valence-corrected chi connectivity index (χ1v) is 6.83. The van der Waals surface area contributed by atoms with E-state index < -0.39 is 0 Å². The van der Waals surface area contributed by atoms with Crippen molar-refractivity contribution in [2.75, 3.05) is 0 Å². The average molecular weight is 248 g/mol. The summed E-state index contributed by atoms with van der Waals surface area (Å²) in [5.74, 6) is 0. The van der Waals surface area contributed by atoms with Crippen LogP contribution >= 0.6 is 0 Å². The largest absolute Gasteiger partial charge is 0.0877 e. The topological polar surface area (TPSA) is 0 Å². The van der Waals surface area contributed by atoms with Crippen molar-refractivity contribution in [2.45, 2.75) is 20.3 Å².